The maximum atomic E-state index is 11.6. The summed E-state index contributed by atoms with van der Waals surface area (Å²) >= 11 is 0. The summed E-state index contributed by atoms with van der Waals surface area (Å²) in [6.07, 6.45) is 5.23. The third-order valence-electron chi connectivity index (χ3n) is 3.05. The fourth-order valence-corrected chi connectivity index (χ4v) is 2.59. The van der Waals surface area contributed by atoms with E-state index in [2.05, 4.69) is 26.2 Å². The van der Waals surface area contributed by atoms with Crippen molar-refractivity contribution >= 4 is 17.7 Å². The van der Waals surface area contributed by atoms with Gasteiger partial charge >= 0.3 is 5.97 Å². The summed E-state index contributed by atoms with van der Waals surface area (Å²) in [5, 5.41) is 16.3. The van der Waals surface area contributed by atoms with Crippen LogP contribution in [-0.2, 0) is 19.1 Å². The molecule has 0 aromatic rings. The summed E-state index contributed by atoms with van der Waals surface area (Å²) in [4.78, 5) is 30.9. The Morgan fingerprint density at radius 1 is 1.40 bits per heavy atom. The highest BCUT2D eigenvalue weighted by Gasteiger charge is 2.50. The standard InChI is InChI=1S/C11H17NO2.C2H2O4/c1-10-4-5-11(14-10,8-12(2)3)7-9(13)6-10;3-1(4)2(5)6/h4-5H,6-8H2,1-3H3;(H,3,4)(H,5,6). The van der Waals surface area contributed by atoms with Gasteiger partial charge in [-0.15, -0.1) is 0 Å². The van der Waals surface area contributed by atoms with Crippen LogP contribution in [0.2, 0.25) is 0 Å². The van der Waals surface area contributed by atoms with Crippen molar-refractivity contribution in [1.82, 2.24) is 0 Å². The first kappa shape index (κ1) is 16.3. The molecule has 0 aliphatic carbocycles. The van der Waals surface area contributed by atoms with Crippen LogP contribution < -0.4 is 10.0 Å². The molecule has 2 N–H and O–H groups in total. The minimum absolute atomic E-state index is 0.317. The molecule has 2 unspecified atom stereocenters. The normalized spacial score (nSPS) is 30.9. The van der Waals surface area contributed by atoms with E-state index in [9.17, 15) is 4.79 Å². The van der Waals surface area contributed by atoms with Gasteiger partial charge in [0.25, 0.3) is 0 Å². The number of nitrogens with one attached hydrogen (secondary N) is 1. The lowest BCUT2D eigenvalue weighted by atomic mass is 9.91. The summed E-state index contributed by atoms with van der Waals surface area (Å²) in [7, 11) is 4.17. The number of aliphatic carboxylic acids is 2. The second-order valence-corrected chi connectivity index (χ2v) is 5.68. The average Bonchev–Trinajstić information content (AvgIpc) is 2.48. The number of carboxylic acid groups (broad SMARTS) is 2. The van der Waals surface area contributed by atoms with Gasteiger partial charge < -0.3 is 24.6 Å². The van der Waals surface area contributed by atoms with Crippen molar-refractivity contribution in [2.45, 2.75) is 31.0 Å². The van der Waals surface area contributed by atoms with Gasteiger partial charge in [-0.05, 0) is 13.0 Å². The lowest BCUT2D eigenvalue weighted by molar-refractivity contribution is -0.864. The molecule has 0 spiro atoms. The molecule has 0 amide bonds. The van der Waals surface area contributed by atoms with Crippen molar-refractivity contribution in [2.75, 3.05) is 20.6 Å². The molecule has 2 heterocycles. The summed E-state index contributed by atoms with van der Waals surface area (Å²) < 4.78 is 6.00. The first-order chi connectivity index (χ1) is 9.07. The van der Waals surface area contributed by atoms with Crippen LogP contribution in [-0.4, -0.2) is 54.7 Å². The van der Waals surface area contributed by atoms with E-state index in [0.717, 1.165) is 6.54 Å². The monoisotopic (exact) mass is 285 g/mol. The summed E-state index contributed by atoms with van der Waals surface area (Å²) in [5.74, 6) is -3.69. The zero-order valence-electron chi connectivity index (χ0n) is 11.8. The Morgan fingerprint density at radius 3 is 2.40 bits per heavy atom. The number of hydrogen-bond donors (Lipinski definition) is 2. The van der Waals surface area contributed by atoms with Gasteiger partial charge in [0.1, 0.15) is 17.9 Å². The number of fused-ring (bicyclic) bond motifs is 2. The number of likely N-dealkylation sites (N-methyl/N-ethyl adjacent to an activating group) is 1. The van der Waals surface area contributed by atoms with Gasteiger partial charge in [0.05, 0.1) is 19.7 Å². The third kappa shape index (κ3) is 4.14. The van der Waals surface area contributed by atoms with E-state index in [1.54, 1.807) is 0 Å². The third-order valence-corrected chi connectivity index (χ3v) is 3.05. The number of ketones is 1. The highest BCUT2D eigenvalue weighted by Crippen LogP contribution is 2.40. The van der Waals surface area contributed by atoms with E-state index in [4.69, 9.17) is 24.5 Å². The minimum Gasteiger partial charge on any atom is -0.539 e. The largest absolute Gasteiger partial charge is 0.539 e. The number of rotatable bonds is 2. The zero-order valence-corrected chi connectivity index (χ0v) is 11.8. The molecule has 2 rings (SSSR count). The number of carbonyl (C=O) groups excluding carboxylic acids is 2. The molecule has 7 heteroatoms. The smallest absolute Gasteiger partial charge is 0.351 e. The predicted molar refractivity (Wildman–Crippen MR) is 65.9 cm³/mol. The topological polar surface area (TPSA) is 108 Å². The van der Waals surface area contributed by atoms with Crippen LogP contribution in [0.3, 0.4) is 0 Å². The van der Waals surface area contributed by atoms with Crippen LogP contribution >= 0.6 is 0 Å². The molecule has 1 fully saturated rings. The van der Waals surface area contributed by atoms with Gasteiger partial charge in [0.2, 0.25) is 0 Å². The predicted octanol–water partition coefficient (Wildman–Crippen LogP) is -2.60. The molecule has 2 aliphatic rings. The Kier molecular flexibility index (Phi) is 4.67. The van der Waals surface area contributed by atoms with Crippen LogP contribution in [0.15, 0.2) is 12.2 Å². The summed E-state index contributed by atoms with van der Waals surface area (Å²) in [6.45, 7) is 2.86. The van der Waals surface area contributed by atoms with Gasteiger partial charge in [-0.2, -0.15) is 0 Å². The highest BCUT2D eigenvalue weighted by molar-refractivity contribution is 6.26. The molecule has 20 heavy (non-hydrogen) atoms. The molecular weight excluding hydrogens is 266 g/mol. The zero-order chi connectivity index (χ0) is 15.6. The fourth-order valence-electron chi connectivity index (χ4n) is 2.59. The number of carboxylic acids is 2. The quantitative estimate of drug-likeness (QED) is 0.425. The van der Waals surface area contributed by atoms with E-state index in [0.29, 0.717) is 18.6 Å². The Hall–Kier alpha value is -1.73. The van der Waals surface area contributed by atoms with E-state index >= 15 is 0 Å². The van der Waals surface area contributed by atoms with Crippen LogP contribution in [0.5, 0.6) is 0 Å². The maximum absolute atomic E-state index is 11.6. The molecule has 2 aliphatic heterocycles. The Labute approximate surface area is 116 Å². The Morgan fingerprint density at radius 2 is 1.95 bits per heavy atom. The van der Waals surface area contributed by atoms with Gasteiger partial charge in [-0.3, -0.25) is 4.79 Å². The number of carbonyl (C=O) groups is 3. The van der Waals surface area contributed by atoms with E-state index in [-0.39, 0.29) is 11.2 Å². The number of hydrogen-bond acceptors (Lipinski definition) is 5. The van der Waals surface area contributed by atoms with Crippen molar-refractivity contribution in [3.63, 3.8) is 0 Å². The van der Waals surface area contributed by atoms with Crippen molar-refractivity contribution < 1.29 is 34.2 Å². The average molecular weight is 285 g/mol. The van der Waals surface area contributed by atoms with Gasteiger partial charge in [0, 0.05) is 12.8 Å². The van der Waals surface area contributed by atoms with Crippen LogP contribution in [0.4, 0.5) is 0 Å². The highest BCUT2D eigenvalue weighted by atomic mass is 16.5. The van der Waals surface area contributed by atoms with Gasteiger partial charge in [-0.25, -0.2) is 4.79 Å². The Balaban J connectivity index is 0.000000286. The van der Waals surface area contributed by atoms with Crippen molar-refractivity contribution in [3.8, 4) is 0 Å². The van der Waals surface area contributed by atoms with Crippen molar-refractivity contribution in [1.29, 1.82) is 0 Å². The summed E-state index contributed by atoms with van der Waals surface area (Å²) in [5.41, 5.74) is -0.645. The lowest BCUT2D eigenvalue weighted by Crippen LogP contribution is -3.08. The van der Waals surface area contributed by atoms with E-state index < -0.39 is 11.9 Å². The summed E-state index contributed by atoms with van der Waals surface area (Å²) in [6, 6.07) is 0. The molecule has 112 valence electrons. The Bertz CT molecular complexity index is 446. The maximum Gasteiger partial charge on any atom is 0.351 e. The van der Waals surface area contributed by atoms with Crippen LogP contribution in [0.25, 0.3) is 0 Å². The second kappa shape index (κ2) is 5.72. The first-order valence-corrected chi connectivity index (χ1v) is 6.23. The number of quaternary nitrogens is 1. The molecular formula is C13H19NO6. The van der Waals surface area contributed by atoms with Gasteiger partial charge in [-0.1, -0.05) is 6.08 Å². The van der Waals surface area contributed by atoms with Crippen molar-refractivity contribution in [3.05, 3.63) is 12.2 Å². The molecule has 2 atom stereocenters. The lowest BCUT2D eigenvalue weighted by Gasteiger charge is -2.37. The van der Waals surface area contributed by atoms with E-state index in [1.165, 1.54) is 4.90 Å². The SMILES string of the molecule is C[NH+](C)CC12C=CC(C)(CC(=O)C1)O2.O=C([O-])C(=O)O. The minimum atomic E-state index is -2.07. The first-order valence-electron chi connectivity index (χ1n) is 6.23. The second-order valence-electron chi connectivity index (χ2n) is 5.68. The molecule has 2 bridgehead atoms. The molecule has 7 nitrogen and oxygen atoms in total. The van der Waals surface area contributed by atoms with Crippen LogP contribution in [0.1, 0.15) is 19.8 Å². The van der Waals surface area contributed by atoms with Gasteiger partial charge in [0.15, 0.2) is 5.97 Å². The molecule has 0 aromatic heterocycles. The molecule has 1 saturated heterocycles. The van der Waals surface area contributed by atoms with E-state index in [1.807, 2.05) is 6.92 Å². The molecule has 0 radical (unpaired) electrons. The van der Waals surface area contributed by atoms with Crippen LogP contribution in [0, 0.1) is 0 Å². The van der Waals surface area contributed by atoms with Crippen molar-refractivity contribution in [2.24, 2.45) is 0 Å². The number of ether oxygens (including phenoxy) is 1. The molecule has 0 saturated carbocycles. The number of Topliss-reactive ketones (excluding diaryl/α,β-unsaturated/α-hetero) is 1. The fraction of sp³-hybridized carbons (Fsp3) is 0.615. The molecule has 0 aromatic carbocycles.